The summed E-state index contributed by atoms with van der Waals surface area (Å²) < 4.78 is 0. The van der Waals surface area contributed by atoms with Gasteiger partial charge < -0.3 is 5.32 Å². The van der Waals surface area contributed by atoms with E-state index in [1.54, 1.807) is 0 Å². The molecule has 0 radical (unpaired) electrons. The summed E-state index contributed by atoms with van der Waals surface area (Å²) in [6, 6.07) is 8.30. The van der Waals surface area contributed by atoms with Crippen molar-refractivity contribution in [3.05, 3.63) is 34.9 Å². The highest BCUT2D eigenvalue weighted by molar-refractivity contribution is 6.31. The summed E-state index contributed by atoms with van der Waals surface area (Å²) in [4.78, 5) is 2.71. The van der Waals surface area contributed by atoms with Gasteiger partial charge in [0.15, 0.2) is 0 Å². The maximum absolute atomic E-state index is 6.40. The lowest BCUT2D eigenvalue weighted by Crippen LogP contribution is -2.68. The van der Waals surface area contributed by atoms with Crippen molar-refractivity contribution in [2.45, 2.75) is 63.6 Å². The highest BCUT2D eigenvalue weighted by Gasteiger charge is 2.44. The van der Waals surface area contributed by atoms with Gasteiger partial charge in [-0.2, -0.15) is 0 Å². The van der Waals surface area contributed by atoms with E-state index in [1.165, 1.54) is 37.7 Å². The van der Waals surface area contributed by atoms with Crippen LogP contribution in [0.2, 0.25) is 5.02 Å². The molecule has 1 saturated carbocycles. The van der Waals surface area contributed by atoms with Gasteiger partial charge in [-0.25, -0.2) is 0 Å². The van der Waals surface area contributed by atoms with E-state index in [9.17, 15) is 0 Å². The SMILES string of the molecule is CC1(C)CN(Cc2ccccc2Cl)C2(CCCCC2)CN1. The van der Waals surface area contributed by atoms with Crippen molar-refractivity contribution in [3.63, 3.8) is 0 Å². The van der Waals surface area contributed by atoms with Gasteiger partial charge in [0.05, 0.1) is 0 Å². The first kappa shape index (κ1) is 15.3. The molecule has 1 aromatic carbocycles. The van der Waals surface area contributed by atoms with Crippen LogP contribution in [0.4, 0.5) is 0 Å². The molecular weight excluding hydrogens is 280 g/mol. The summed E-state index contributed by atoms with van der Waals surface area (Å²) >= 11 is 6.40. The molecule has 2 nitrogen and oxygen atoms in total. The Labute approximate surface area is 133 Å². The van der Waals surface area contributed by atoms with E-state index in [0.717, 1.165) is 24.7 Å². The van der Waals surface area contributed by atoms with Crippen LogP contribution in [0.5, 0.6) is 0 Å². The maximum Gasteiger partial charge on any atom is 0.0451 e. The summed E-state index contributed by atoms with van der Waals surface area (Å²) in [5, 5.41) is 4.68. The minimum Gasteiger partial charge on any atom is -0.309 e. The number of benzene rings is 1. The third-order valence-electron chi connectivity index (χ3n) is 5.26. The number of piperazine rings is 1. The summed E-state index contributed by atoms with van der Waals surface area (Å²) in [6.07, 6.45) is 6.76. The van der Waals surface area contributed by atoms with Gasteiger partial charge in [0.1, 0.15) is 0 Å². The average Bonchev–Trinajstić information content (AvgIpc) is 2.47. The van der Waals surface area contributed by atoms with Gasteiger partial charge in [0.25, 0.3) is 0 Å². The first-order valence-electron chi connectivity index (χ1n) is 8.24. The second kappa shape index (κ2) is 5.91. The molecule has 0 aromatic heterocycles. The zero-order valence-electron chi connectivity index (χ0n) is 13.3. The van der Waals surface area contributed by atoms with Crippen molar-refractivity contribution < 1.29 is 0 Å². The fourth-order valence-electron chi connectivity index (χ4n) is 3.98. The lowest BCUT2D eigenvalue weighted by molar-refractivity contribution is -0.0161. The van der Waals surface area contributed by atoms with E-state index in [1.807, 2.05) is 12.1 Å². The molecule has 1 spiro atoms. The van der Waals surface area contributed by atoms with Gasteiger partial charge in [-0.15, -0.1) is 0 Å². The average molecular weight is 307 g/mol. The van der Waals surface area contributed by atoms with Crippen LogP contribution in [0.1, 0.15) is 51.5 Å². The van der Waals surface area contributed by atoms with Gasteiger partial charge in [-0.05, 0) is 38.3 Å². The second-order valence-electron chi connectivity index (χ2n) is 7.47. The third-order valence-corrected chi connectivity index (χ3v) is 5.63. The molecule has 0 amide bonds. The van der Waals surface area contributed by atoms with Crippen LogP contribution < -0.4 is 5.32 Å². The van der Waals surface area contributed by atoms with Gasteiger partial charge in [-0.3, -0.25) is 4.90 Å². The van der Waals surface area contributed by atoms with Crippen LogP contribution in [0, 0.1) is 0 Å². The highest BCUT2D eigenvalue weighted by atomic mass is 35.5. The van der Waals surface area contributed by atoms with Gasteiger partial charge in [0, 0.05) is 35.7 Å². The Morgan fingerprint density at radius 1 is 1.14 bits per heavy atom. The van der Waals surface area contributed by atoms with Crippen LogP contribution in [-0.2, 0) is 6.54 Å². The smallest absolute Gasteiger partial charge is 0.0451 e. The van der Waals surface area contributed by atoms with E-state index >= 15 is 0 Å². The summed E-state index contributed by atoms with van der Waals surface area (Å²) in [7, 11) is 0. The lowest BCUT2D eigenvalue weighted by atomic mass is 9.76. The van der Waals surface area contributed by atoms with Crippen molar-refractivity contribution >= 4 is 11.6 Å². The van der Waals surface area contributed by atoms with Crippen molar-refractivity contribution in [1.29, 1.82) is 0 Å². The maximum atomic E-state index is 6.40. The minimum absolute atomic E-state index is 0.184. The van der Waals surface area contributed by atoms with E-state index in [2.05, 4.69) is 36.2 Å². The van der Waals surface area contributed by atoms with E-state index in [4.69, 9.17) is 11.6 Å². The molecule has 0 bridgehead atoms. The number of nitrogens with zero attached hydrogens (tertiary/aromatic N) is 1. The molecule has 2 aliphatic rings. The van der Waals surface area contributed by atoms with Crippen LogP contribution in [0.3, 0.4) is 0 Å². The Bertz CT molecular complexity index is 492. The molecule has 0 unspecified atom stereocenters. The first-order chi connectivity index (χ1) is 10.0. The predicted molar refractivity (Wildman–Crippen MR) is 89.8 cm³/mol. The van der Waals surface area contributed by atoms with E-state index < -0.39 is 0 Å². The summed E-state index contributed by atoms with van der Waals surface area (Å²) in [5.74, 6) is 0. The van der Waals surface area contributed by atoms with Crippen molar-refractivity contribution in [2.24, 2.45) is 0 Å². The minimum atomic E-state index is 0.184. The zero-order valence-corrected chi connectivity index (χ0v) is 14.0. The molecule has 3 rings (SSSR count). The van der Waals surface area contributed by atoms with Gasteiger partial charge >= 0.3 is 0 Å². The Kier molecular flexibility index (Phi) is 4.31. The standard InChI is InChI=1S/C18H27ClN2/c1-17(2)14-21(12-15-8-4-5-9-16(15)19)18(13-20-17)10-6-3-7-11-18/h4-5,8-9,20H,3,6-7,10-14H2,1-2H3. The fraction of sp³-hybridized carbons (Fsp3) is 0.667. The number of hydrogen-bond donors (Lipinski definition) is 1. The fourth-order valence-corrected chi connectivity index (χ4v) is 4.17. The lowest BCUT2D eigenvalue weighted by Gasteiger charge is -2.54. The molecule has 21 heavy (non-hydrogen) atoms. The molecule has 1 aliphatic carbocycles. The van der Waals surface area contributed by atoms with Crippen LogP contribution in [0.25, 0.3) is 0 Å². The van der Waals surface area contributed by atoms with Gasteiger partial charge in [-0.1, -0.05) is 49.1 Å². The van der Waals surface area contributed by atoms with Crippen LogP contribution >= 0.6 is 11.6 Å². The summed E-state index contributed by atoms with van der Waals surface area (Å²) in [6.45, 7) is 7.80. The molecule has 1 saturated heterocycles. The molecular formula is C18H27ClN2. The Morgan fingerprint density at radius 2 is 1.86 bits per heavy atom. The molecule has 1 heterocycles. The first-order valence-corrected chi connectivity index (χ1v) is 8.62. The Balaban J connectivity index is 1.85. The number of halogens is 1. The third kappa shape index (κ3) is 3.28. The molecule has 1 aromatic rings. The quantitative estimate of drug-likeness (QED) is 0.880. The molecule has 1 N–H and O–H groups in total. The van der Waals surface area contributed by atoms with Crippen LogP contribution in [0.15, 0.2) is 24.3 Å². The highest BCUT2D eigenvalue weighted by Crippen LogP contribution is 2.38. The van der Waals surface area contributed by atoms with Crippen molar-refractivity contribution in [1.82, 2.24) is 10.2 Å². The van der Waals surface area contributed by atoms with E-state index in [0.29, 0.717) is 5.54 Å². The van der Waals surface area contributed by atoms with Crippen molar-refractivity contribution in [3.8, 4) is 0 Å². The second-order valence-corrected chi connectivity index (χ2v) is 7.88. The van der Waals surface area contributed by atoms with E-state index in [-0.39, 0.29) is 5.54 Å². The van der Waals surface area contributed by atoms with Crippen molar-refractivity contribution in [2.75, 3.05) is 13.1 Å². The number of rotatable bonds is 2. The molecule has 1 aliphatic heterocycles. The predicted octanol–water partition coefficient (Wildman–Crippen LogP) is 4.23. The largest absolute Gasteiger partial charge is 0.309 e. The van der Waals surface area contributed by atoms with Gasteiger partial charge in [0.2, 0.25) is 0 Å². The summed E-state index contributed by atoms with van der Waals surface area (Å²) in [5.41, 5.74) is 1.79. The monoisotopic (exact) mass is 306 g/mol. The zero-order chi connectivity index (χ0) is 14.9. The topological polar surface area (TPSA) is 15.3 Å². The number of hydrogen-bond acceptors (Lipinski definition) is 2. The Hall–Kier alpha value is -0.570. The Morgan fingerprint density at radius 3 is 2.57 bits per heavy atom. The molecule has 3 heteroatoms. The molecule has 116 valence electrons. The number of nitrogens with one attached hydrogen (secondary N) is 1. The normalized spacial score (nSPS) is 25.1. The van der Waals surface area contributed by atoms with Crippen LogP contribution in [-0.4, -0.2) is 29.1 Å². The molecule has 0 atom stereocenters. The molecule has 2 fully saturated rings.